The largest absolute Gasteiger partial charge is 0.481 e. The van der Waals surface area contributed by atoms with Crippen molar-refractivity contribution in [1.82, 2.24) is 15.1 Å². The van der Waals surface area contributed by atoms with Gasteiger partial charge in [0.15, 0.2) is 0 Å². The Kier molecular flexibility index (Phi) is 6.96. The molecule has 3 amide bonds. The summed E-state index contributed by atoms with van der Waals surface area (Å²) in [5.41, 5.74) is -0.600. The van der Waals surface area contributed by atoms with E-state index in [4.69, 9.17) is 5.11 Å². The van der Waals surface area contributed by atoms with E-state index in [1.54, 1.807) is 32.6 Å². The summed E-state index contributed by atoms with van der Waals surface area (Å²) in [5.74, 6) is -2.02. The fourth-order valence-corrected chi connectivity index (χ4v) is 2.56. The van der Waals surface area contributed by atoms with Gasteiger partial charge in [0.1, 0.15) is 6.04 Å². The molecular weight excluding hydrogens is 326 g/mol. The number of rotatable bonds is 5. The third-order valence-corrected chi connectivity index (χ3v) is 4.34. The van der Waals surface area contributed by atoms with Crippen LogP contribution in [0.4, 0.5) is 0 Å². The first kappa shape index (κ1) is 20.9. The average Bonchev–Trinajstić information content (AvgIpc) is 2.52. The summed E-state index contributed by atoms with van der Waals surface area (Å²) < 4.78 is 0. The summed E-state index contributed by atoms with van der Waals surface area (Å²) in [7, 11) is 1.52. The van der Waals surface area contributed by atoms with Gasteiger partial charge in [-0.1, -0.05) is 20.8 Å². The highest BCUT2D eigenvalue weighted by Gasteiger charge is 2.30. The molecular formula is C17H29N3O5. The highest BCUT2D eigenvalue weighted by atomic mass is 16.4. The minimum Gasteiger partial charge on any atom is -0.481 e. The molecule has 0 saturated carbocycles. The molecule has 8 nitrogen and oxygen atoms in total. The van der Waals surface area contributed by atoms with Crippen LogP contribution in [0.2, 0.25) is 0 Å². The van der Waals surface area contributed by atoms with E-state index in [1.165, 1.54) is 11.9 Å². The van der Waals surface area contributed by atoms with Crippen molar-refractivity contribution < 1.29 is 24.3 Å². The normalized spacial score (nSPS) is 16.9. The zero-order valence-corrected chi connectivity index (χ0v) is 15.7. The first-order valence-corrected chi connectivity index (χ1v) is 8.50. The number of hydrogen-bond acceptors (Lipinski definition) is 4. The molecule has 1 saturated heterocycles. The maximum absolute atomic E-state index is 12.3. The summed E-state index contributed by atoms with van der Waals surface area (Å²) in [5, 5.41) is 11.6. The van der Waals surface area contributed by atoms with Crippen LogP contribution in [0.15, 0.2) is 0 Å². The standard InChI is InChI=1S/C17H29N3O5/c1-11(18-16(25)17(2,3)4)14(22)19(5)10-13(21)20-8-6-12(7-9-20)15(23)24/h11-12H,6-10H2,1-5H3,(H,18,25)(H,23,24). The number of hydrogen-bond donors (Lipinski definition) is 2. The summed E-state index contributed by atoms with van der Waals surface area (Å²) in [4.78, 5) is 50.4. The number of nitrogens with one attached hydrogen (secondary N) is 1. The lowest BCUT2D eigenvalue weighted by atomic mass is 9.95. The Balaban J connectivity index is 2.50. The molecule has 1 aliphatic rings. The van der Waals surface area contributed by atoms with Crippen LogP contribution in [0.1, 0.15) is 40.5 Å². The fourth-order valence-electron chi connectivity index (χ4n) is 2.56. The molecule has 0 spiro atoms. The highest BCUT2D eigenvalue weighted by Crippen LogP contribution is 2.17. The molecule has 8 heteroatoms. The van der Waals surface area contributed by atoms with Crippen molar-refractivity contribution in [2.24, 2.45) is 11.3 Å². The maximum Gasteiger partial charge on any atom is 0.306 e. The van der Waals surface area contributed by atoms with Gasteiger partial charge in [-0.15, -0.1) is 0 Å². The lowest BCUT2D eigenvalue weighted by Gasteiger charge is -2.32. The van der Waals surface area contributed by atoms with Gasteiger partial charge in [0, 0.05) is 25.6 Å². The molecule has 0 aliphatic carbocycles. The smallest absolute Gasteiger partial charge is 0.306 e. The van der Waals surface area contributed by atoms with Gasteiger partial charge in [0.2, 0.25) is 17.7 Å². The van der Waals surface area contributed by atoms with Gasteiger partial charge in [-0.05, 0) is 19.8 Å². The molecule has 1 heterocycles. The van der Waals surface area contributed by atoms with Crippen LogP contribution < -0.4 is 5.32 Å². The fraction of sp³-hybridized carbons (Fsp3) is 0.765. The van der Waals surface area contributed by atoms with Gasteiger partial charge in [0.05, 0.1) is 12.5 Å². The topological polar surface area (TPSA) is 107 Å². The van der Waals surface area contributed by atoms with Crippen molar-refractivity contribution in [3.63, 3.8) is 0 Å². The van der Waals surface area contributed by atoms with Gasteiger partial charge in [0.25, 0.3) is 0 Å². The molecule has 1 atom stereocenters. The van der Waals surface area contributed by atoms with Gasteiger partial charge >= 0.3 is 5.97 Å². The molecule has 0 aromatic heterocycles. The molecule has 0 radical (unpaired) electrons. The van der Waals surface area contributed by atoms with Crippen LogP contribution in [-0.4, -0.2) is 71.3 Å². The van der Waals surface area contributed by atoms with E-state index in [-0.39, 0.29) is 24.3 Å². The second-order valence-corrected chi connectivity index (χ2v) is 7.63. The zero-order valence-electron chi connectivity index (χ0n) is 15.7. The number of likely N-dealkylation sites (tertiary alicyclic amines) is 1. The zero-order chi connectivity index (χ0) is 19.4. The molecule has 2 N–H and O–H groups in total. The second kappa shape index (κ2) is 8.31. The number of nitrogens with zero attached hydrogens (tertiary/aromatic N) is 2. The van der Waals surface area contributed by atoms with Crippen LogP contribution >= 0.6 is 0 Å². The monoisotopic (exact) mass is 355 g/mol. The van der Waals surface area contributed by atoms with E-state index in [0.29, 0.717) is 25.9 Å². The quantitative estimate of drug-likeness (QED) is 0.738. The van der Waals surface area contributed by atoms with Gasteiger partial charge in [-0.3, -0.25) is 19.2 Å². The van der Waals surface area contributed by atoms with Crippen LogP contribution in [0.25, 0.3) is 0 Å². The van der Waals surface area contributed by atoms with Crippen molar-refractivity contribution in [2.75, 3.05) is 26.7 Å². The Morgan fingerprint density at radius 1 is 1.20 bits per heavy atom. The maximum atomic E-state index is 12.3. The van der Waals surface area contributed by atoms with E-state index < -0.39 is 23.3 Å². The average molecular weight is 355 g/mol. The van der Waals surface area contributed by atoms with Gasteiger partial charge < -0.3 is 20.2 Å². The number of carboxylic acid groups (broad SMARTS) is 1. The van der Waals surface area contributed by atoms with Crippen LogP contribution in [0.5, 0.6) is 0 Å². The first-order chi connectivity index (χ1) is 11.4. The third kappa shape index (κ3) is 6.03. The molecule has 1 aliphatic heterocycles. The molecule has 142 valence electrons. The Hall–Kier alpha value is -2.12. The lowest BCUT2D eigenvalue weighted by molar-refractivity contribution is -0.147. The predicted octanol–water partition coefficient (Wildman–Crippen LogP) is 0.319. The van der Waals surface area contributed by atoms with E-state index in [2.05, 4.69) is 5.32 Å². The van der Waals surface area contributed by atoms with E-state index in [1.807, 2.05) is 0 Å². The van der Waals surface area contributed by atoms with Gasteiger partial charge in [-0.2, -0.15) is 0 Å². The highest BCUT2D eigenvalue weighted by molar-refractivity contribution is 5.91. The SMILES string of the molecule is CC(NC(=O)C(C)(C)C)C(=O)N(C)CC(=O)N1CCC(C(=O)O)CC1. The summed E-state index contributed by atoms with van der Waals surface area (Å²) in [6.45, 7) is 7.54. The number of piperidine rings is 1. The molecule has 0 bridgehead atoms. The molecule has 0 aromatic carbocycles. The van der Waals surface area contributed by atoms with E-state index in [0.717, 1.165) is 0 Å². The minimum absolute atomic E-state index is 0.0910. The number of carbonyl (C=O) groups is 4. The molecule has 1 rings (SSSR count). The Bertz CT molecular complexity index is 533. The van der Waals surface area contributed by atoms with E-state index in [9.17, 15) is 19.2 Å². The summed E-state index contributed by atoms with van der Waals surface area (Å²) in [6, 6.07) is -0.720. The molecule has 25 heavy (non-hydrogen) atoms. The van der Waals surface area contributed by atoms with Crippen molar-refractivity contribution in [3.05, 3.63) is 0 Å². The molecule has 1 fully saturated rings. The predicted molar refractivity (Wildman–Crippen MR) is 91.6 cm³/mol. The number of likely N-dealkylation sites (N-methyl/N-ethyl adjacent to an activating group) is 1. The lowest BCUT2D eigenvalue weighted by Crippen LogP contribution is -2.51. The number of amides is 3. The van der Waals surface area contributed by atoms with Gasteiger partial charge in [-0.25, -0.2) is 0 Å². The van der Waals surface area contributed by atoms with Crippen LogP contribution in [0.3, 0.4) is 0 Å². The van der Waals surface area contributed by atoms with E-state index >= 15 is 0 Å². The number of carbonyl (C=O) groups excluding carboxylic acids is 3. The van der Waals surface area contributed by atoms with Crippen molar-refractivity contribution in [3.8, 4) is 0 Å². The Labute approximate surface area is 148 Å². The first-order valence-electron chi connectivity index (χ1n) is 8.50. The van der Waals surface area contributed by atoms with Crippen LogP contribution in [-0.2, 0) is 19.2 Å². The third-order valence-electron chi connectivity index (χ3n) is 4.34. The van der Waals surface area contributed by atoms with Crippen molar-refractivity contribution >= 4 is 23.7 Å². The number of carboxylic acids is 1. The number of aliphatic carboxylic acids is 1. The molecule has 1 unspecified atom stereocenters. The second-order valence-electron chi connectivity index (χ2n) is 7.63. The Morgan fingerprint density at radius 2 is 1.72 bits per heavy atom. The molecule has 0 aromatic rings. The van der Waals surface area contributed by atoms with Crippen molar-refractivity contribution in [1.29, 1.82) is 0 Å². The van der Waals surface area contributed by atoms with Crippen molar-refractivity contribution in [2.45, 2.75) is 46.6 Å². The Morgan fingerprint density at radius 3 is 2.16 bits per heavy atom. The summed E-state index contributed by atoms with van der Waals surface area (Å²) in [6.07, 6.45) is 0.855. The minimum atomic E-state index is -0.831. The summed E-state index contributed by atoms with van der Waals surface area (Å²) >= 11 is 0. The van der Waals surface area contributed by atoms with Crippen LogP contribution in [0, 0.1) is 11.3 Å².